The number of aliphatic hydroxyl groups is 5. The van der Waals surface area contributed by atoms with E-state index in [4.69, 9.17) is 14.2 Å². The molecule has 2 fully saturated rings. The highest BCUT2D eigenvalue weighted by Crippen LogP contribution is 2.36. The van der Waals surface area contributed by atoms with Crippen LogP contribution in [0, 0.1) is 11.8 Å². The third kappa shape index (κ3) is 4.62. The monoisotopic (exact) mass is 428 g/mol. The summed E-state index contributed by atoms with van der Waals surface area (Å²) in [6.45, 7) is 4.85. The molecule has 1 aliphatic carbocycles. The highest BCUT2D eigenvalue weighted by molar-refractivity contribution is 5.75. The first-order chi connectivity index (χ1) is 14.1. The third-order valence-electron chi connectivity index (χ3n) is 6.45. The fourth-order valence-corrected chi connectivity index (χ4v) is 4.21. The summed E-state index contributed by atoms with van der Waals surface area (Å²) in [6, 6.07) is 0. The van der Waals surface area contributed by atoms with Gasteiger partial charge in [0.25, 0.3) is 0 Å². The molecule has 30 heavy (non-hydrogen) atoms. The molecule has 0 spiro atoms. The van der Waals surface area contributed by atoms with Gasteiger partial charge in [-0.3, -0.25) is 4.79 Å². The summed E-state index contributed by atoms with van der Waals surface area (Å²) in [5.74, 6) is -0.837. The largest absolute Gasteiger partial charge is 0.458 e. The third-order valence-corrected chi connectivity index (χ3v) is 6.45. The molecule has 0 amide bonds. The minimum atomic E-state index is -1.54. The van der Waals surface area contributed by atoms with Gasteiger partial charge in [0.15, 0.2) is 6.29 Å². The van der Waals surface area contributed by atoms with Crippen LogP contribution in [0.4, 0.5) is 0 Å². The summed E-state index contributed by atoms with van der Waals surface area (Å²) in [5.41, 5.74) is 1.47. The van der Waals surface area contributed by atoms with Crippen LogP contribution < -0.4 is 0 Å². The van der Waals surface area contributed by atoms with Crippen molar-refractivity contribution in [3.8, 4) is 0 Å². The highest BCUT2D eigenvalue weighted by atomic mass is 16.7. The molecule has 10 atom stereocenters. The number of fused-ring (bicyclic) bond motifs is 1. The predicted octanol–water partition coefficient (Wildman–Crippen LogP) is -0.603. The van der Waals surface area contributed by atoms with E-state index in [0.717, 1.165) is 11.1 Å². The summed E-state index contributed by atoms with van der Waals surface area (Å²) >= 11 is 0. The van der Waals surface area contributed by atoms with Gasteiger partial charge in [-0.05, 0) is 43.9 Å². The molecular weight excluding hydrogens is 396 g/mol. The molecule has 0 aromatic rings. The van der Waals surface area contributed by atoms with E-state index in [9.17, 15) is 30.3 Å². The van der Waals surface area contributed by atoms with E-state index in [1.54, 1.807) is 19.9 Å². The number of ether oxygens (including phenoxy) is 3. The van der Waals surface area contributed by atoms with Crippen LogP contribution in [0.25, 0.3) is 0 Å². The molecule has 2 aliphatic heterocycles. The fourth-order valence-electron chi connectivity index (χ4n) is 4.21. The molecule has 0 saturated carbocycles. The second kappa shape index (κ2) is 9.44. The number of aliphatic hydroxyl groups excluding tert-OH is 5. The lowest BCUT2D eigenvalue weighted by atomic mass is 9.83. The van der Waals surface area contributed by atoms with Crippen molar-refractivity contribution >= 4 is 5.97 Å². The smallest absolute Gasteiger partial charge is 0.309 e. The summed E-state index contributed by atoms with van der Waals surface area (Å²) in [6.07, 6.45) is -4.34. The average molecular weight is 428 g/mol. The van der Waals surface area contributed by atoms with Crippen LogP contribution >= 0.6 is 0 Å². The summed E-state index contributed by atoms with van der Waals surface area (Å²) < 4.78 is 16.9. The maximum Gasteiger partial charge on any atom is 0.309 e. The Balaban J connectivity index is 1.85. The fraction of sp³-hybridized carbons (Fsp3) is 0.762. The molecule has 170 valence electrons. The average Bonchev–Trinajstić information content (AvgIpc) is 2.97. The van der Waals surface area contributed by atoms with Crippen LogP contribution in [0.15, 0.2) is 23.3 Å². The SMILES string of the molecule is C/C1=C\[C@H]2OC(=O)[C@@H](C)[C@@H]2C[C@H](O)/C(C)=C/C[C@@H]1O[C@@H]1O[C@H](CO)[C@@H](O)[C@H](O)[C@H]1O. The Bertz CT molecular complexity index is 688. The van der Waals surface area contributed by atoms with Gasteiger partial charge in [0.05, 0.1) is 24.7 Å². The first-order valence-electron chi connectivity index (χ1n) is 10.3. The van der Waals surface area contributed by atoms with Crippen LogP contribution in [-0.2, 0) is 19.0 Å². The Hall–Kier alpha value is -1.33. The molecular formula is C21H32O9. The summed E-state index contributed by atoms with van der Waals surface area (Å²) in [7, 11) is 0. The van der Waals surface area contributed by atoms with Gasteiger partial charge < -0.3 is 39.7 Å². The van der Waals surface area contributed by atoms with Gasteiger partial charge in [0, 0.05) is 5.92 Å². The Kier molecular flexibility index (Phi) is 7.34. The molecule has 0 radical (unpaired) electrons. The quantitative estimate of drug-likeness (QED) is 0.294. The molecule has 2 saturated heterocycles. The number of esters is 1. The van der Waals surface area contributed by atoms with Gasteiger partial charge in [0.1, 0.15) is 30.5 Å². The Labute approximate surface area is 175 Å². The van der Waals surface area contributed by atoms with Crippen LogP contribution in [-0.4, -0.2) is 87.1 Å². The lowest BCUT2D eigenvalue weighted by molar-refractivity contribution is -0.308. The van der Waals surface area contributed by atoms with Gasteiger partial charge in [0.2, 0.25) is 0 Å². The van der Waals surface area contributed by atoms with Crippen molar-refractivity contribution in [3.63, 3.8) is 0 Å². The Morgan fingerprint density at radius 2 is 1.80 bits per heavy atom. The van der Waals surface area contributed by atoms with Crippen molar-refractivity contribution in [3.05, 3.63) is 23.3 Å². The second-order valence-corrected chi connectivity index (χ2v) is 8.52. The van der Waals surface area contributed by atoms with E-state index in [-0.39, 0.29) is 17.8 Å². The Morgan fingerprint density at radius 3 is 2.47 bits per heavy atom. The van der Waals surface area contributed by atoms with E-state index < -0.39 is 55.6 Å². The standard InChI is InChI=1S/C21H32O9/c1-9-4-5-14(29-21-19(26)18(25)17(24)16(8-22)30-21)10(2)6-15-12(7-13(9)23)11(3)20(27)28-15/h4,6,11-19,21-26H,5,7-8H2,1-3H3/b9-4+,10-6+/t11-,12-,13-,14-,15+,16+,17+,18-,19+,21+/m0/s1. The van der Waals surface area contributed by atoms with Crippen LogP contribution in [0.1, 0.15) is 33.6 Å². The lowest BCUT2D eigenvalue weighted by Gasteiger charge is -2.41. The minimum Gasteiger partial charge on any atom is -0.458 e. The molecule has 0 unspecified atom stereocenters. The van der Waals surface area contributed by atoms with Crippen molar-refractivity contribution in [2.75, 3.05) is 6.61 Å². The minimum absolute atomic E-state index is 0.184. The first kappa shape index (κ1) is 23.3. The van der Waals surface area contributed by atoms with E-state index in [0.29, 0.717) is 12.8 Å². The van der Waals surface area contributed by atoms with Crippen molar-refractivity contribution < 1.29 is 44.5 Å². The molecule has 0 aromatic carbocycles. The maximum absolute atomic E-state index is 12.1. The summed E-state index contributed by atoms with van der Waals surface area (Å²) in [4.78, 5) is 12.1. The number of rotatable bonds is 3. The van der Waals surface area contributed by atoms with Crippen molar-refractivity contribution in [2.45, 2.75) is 82.6 Å². The van der Waals surface area contributed by atoms with Crippen molar-refractivity contribution in [1.29, 1.82) is 0 Å². The molecule has 3 rings (SSSR count). The zero-order chi connectivity index (χ0) is 22.2. The highest BCUT2D eigenvalue weighted by Gasteiger charge is 2.46. The number of hydrogen-bond acceptors (Lipinski definition) is 9. The first-order valence-corrected chi connectivity index (χ1v) is 10.3. The summed E-state index contributed by atoms with van der Waals surface area (Å²) in [5, 5.41) is 50.2. The second-order valence-electron chi connectivity index (χ2n) is 8.52. The van der Waals surface area contributed by atoms with E-state index in [1.165, 1.54) is 0 Å². The van der Waals surface area contributed by atoms with Gasteiger partial charge in [-0.2, -0.15) is 0 Å². The van der Waals surface area contributed by atoms with Crippen molar-refractivity contribution in [2.24, 2.45) is 11.8 Å². The van der Waals surface area contributed by atoms with Crippen LogP contribution in [0.5, 0.6) is 0 Å². The molecule has 0 aromatic heterocycles. The van der Waals surface area contributed by atoms with Crippen LogP contribution in [0.2, 0.25) is 0 Å². The zero-order valence-electron chi connectivity index (χ0n) is 17.4. The number of carbonyl (C=O) groups is 1. The molecule has 2 heterocycles. The predicted molar refractivity (Wildman–Crippen MR) is 104 cm³/mol. The van der Waals surface area contributed by atoms with Gasteiger partial charge in [-0.15, -0.1) is 0 Å². The van der Waals surface area contributed by atoms with Gasteiger partial charge >= 0.3 is 5.97 Å². The van der Waals surface area contributed by atoms with Crippen molar-refractivity contribution in [1.82, 2.24) is 0 Å². The van der Waals surface area contributed by atoms with Crippen LogP contribution in [0.3, 0.4) is 0 Å². The van der Waals surface area contributed by atoms with E-state index in [2.05, 4.69) is 0 Å². The number of carbonyl (C=O) groups excluding carboxylic acids is 1. The maximum atomic E-state index is 12.1. The van der Waals surface area contributed by atoms with E-state index in [1.807, 2.05) is 13.0 Å². The number of hydrogen-bond donors (Lipinski definition) is 5. The topological polar surface area (TPSA) is 146 Å². The molecule has 5 N–H and O–H groups in total. The Morgan fingerprint density at radius 1 is 1.10 bits per heavy atom. The molecule has 9 heteroatoms. The van der Waals surface area contributed by atoms with Gasteiger partial charge in [-0.1, -0.05) is 13.0 Å². The lowest BCUT2D eigenvalue weighted by Crippen LogP contribution is -2.59. The molecule has 0 bridgehead atoms. The molecule has 3 aliphatic rings. The zero-order valence-corrected chi connectivity index (χ0v) is 17.4. The van der Waals surface area contributed by atoms with Gasteiger partial charge in [-0.25, -0.2) is 0 Å². The van der Waals surface area contributed by atoms with E-state index >= 15 is 0 Å². The normalized spacial score (nSPS) is 48.7. The molecule has 9 nitrogen and oxygen atoms in total.